The fourth-order valence-corrected chi connectivity index (χ4v) is 1.48. The fraction of sp³-hybridized carbons (Fsp3) is 0.417. The lowest BCUT2D eigenvalue weighted by Crippen LogP contribution is -2.35. The van der Waals surface area contributed by atoms with Crippen LogP contribution in [0.5, 0.6) is 5.75 Å². The van der Waals surface area contributed by atoms with Crippen molar-refractivity contribution in [3.05, 3.63) is 29.6 Å². The van der Waals surface area contributed by atoms with Crippen LogP contribution in [0.25, 0.3) is 0 Å². The third-order valence-electron chi connectivity index (χ3n) is 2.53. The Morgan fingerprint density at radius 3 is 2.82 bits per heavy atom. The summed E-state index contributed by atoms with van der Waals surface area (Å²) in [6.45, 7) is 3.11. The molecule has 1 aromatic rings. The first-order valence-electron chi connectivity index (χ1n) is 5.47. The zero-order valence-electron chi connectivity index (χ0n) is 10.0. The molecule has 94 valence electrons. The van der Waals surface area contributed by atoms with E-state index >= 15 is 0 Å². The fourth-order valence-electron chi connectivity index (χ4n) is 1.48. The van der Waals surface area contributed by atoms with Crippen LogP contribution in [0, 0.1) is 5.82 Å². The average Bonchev–Trinajstić information content (AvgIpc) is 2.32. The summed E-state index contributed by atoms with van der Waals surface area (Å²) in [5.74, 6) is -0.460. The Balaban J connectivity index is 2.73. The molecular weight excluding hydrogens is 223 g/mol. The van der Waals surface area contributed by atoms with Gasteiger partial charge in [0.2, 0.25) is 5.91 Å². The van der Waals surface area contributed by atoms with Gasteiger partial charge in [-0.15, -0.1) is 0 Å². The molecule has 0 atom stereocenters. The second-order valence-corrected chi connectivity index (χ2v) is 3.75. The van der Waals surface area contributed by atoms with Gasteiger partial charge in [-0.3, -0.25) is 9.69 Å². The highest BCUT2D eigenvalue weighted by Crippen LogP contribution is 2.19. The number of benzene rings is 1. The number of nitrogens with zero attached hydrogens (tertiary/aromatic N) is 1. The number of halogens is 1. The molecule has 0 aliphatic heterocycles. The molecule has 0 fully saturated rings. The maximum Gasteiger partial charge on any atom is 0.233 e. The Bertz CT molecular complexity index is 396. The first kappa shape index (κ1) is 13.4. The number of phenolic OH excluding ortho intramolecular Hbond substituents is 1. The van der Waals surface area contributed by atoms with Gasteiger partial charge in [0, 0.05) is 19.2 Å². The van der Waals surface area contributed by atoms with Crippen LogP contribution < -0.4 is 5.32 Å². The minimum atomic E-state index is -0.395. The highest BCUT2D eigenvalue weighted by atomic mass is 19.1. The minimum Gasteiger partial charge on any atom is -0.508 e. The standard InChI is InChI=1S/C12H17FN2O2/c1-3-15(8-12(17)14-2)7-9-6-10(13)4-5-11(9)16/h4-6,16H,3,7-8H2,1-2H3,(H,14,17). The normalized spacial score (nSPS) is 10.6. The largest absolute Gasteiger partial charge is 0.508 e. The predicted molar refractivity (Wildman–Crippen MR) is 63.1 cm³/mol. The Morgan fingerprint density at radius 2 is 2.24 bits per heavy atom. The number of nitrogens with one attached hydrogen (secondary N) is 1. The van der Waals surface area contributed by atoms with Gasteiger partial charge in [0.25, 0.3) is 0 Å². The van der Waals surface area contributed by atoms with Crippen LogP contribution in [0.4, 0.5) is 4.39 Å². The molecule has 0 unspecified atom stereocenters. The number of carbonyl (C=O) groups excluding carboxylic acids is 1. The van der Waals surface area contributed by atoms with Gasteiger partial charge in [-0.2, -0.15) is 0 Å². The molecular formula is C12H17FN2O2. The second-order valence-electron chi connectivity index (χ2n) is 3.75. The number of rotatable bonds is 5. The molecule has 0 spiro atoms. The highest BCUT2D eigenvalue weighted by Gasteiger charge is 2.11. The van der Waals surface area contributed by atoms with Gasteiger partial charge >= 0.3 is 0 Å². The van der Waals surface area contributed by atoms with E-state index in [2.05, 4.69) is 5.32 Å². The number of carbonyl (C=O) groups is 1. The van der Waals surface area contributed by atoms with Crippen molar-refractivity contribution in [3.8, 4) is 5.75 Å². The van der Waals surface area contributed by atoms with Gasteiger partial charge in [-0.05, 0) is 24.7 Å². The number of aromatic hydroxyl groups is 1. The number of likely N-dealkylation sites (N-methyl/N-ethyl adjacent to an activating group) is 2. The van der Waals surface area contributed by atoms with E-state index in [0.29, 0.717) is 18.7 Å². The van der Waals surface area contributed by atoms with Gasteiger partial charge in [0.15, 0.2) is 0 Å². The van der Waals surface area contributed by atoms with Crippen LogP contribution in [-0.2, 0) is 11.3 Å². The lowest BCUT2D eigenvalue weighted by molar-refractivity contribution is -0.121. The molecule has 1 aromatic carbocycles. The van der Waals surface area contributed by atoms with Gasteiger partial charge < -0.3 is 10.4 Å². The van der Waals surface area contributed by atoms with Crippen molar-refractivity contribution in [2.45, 2.75) is 13.5 Å². The molecule has 1 amide bonds. The summed E-state index contributed by atoms with van der Waals surface area (Å²) in [6, 6.07) is 3.80. The van der Waals surface area contributed by atoms with E-state index in [4.69, 9.17) is 0 Å². The monoisotopic (exact) mass is 240 g/mol. The molecule has 0 aliphatic carbocycles. The molecule has 0 aliphatic rings. The summed E-state index contributed by atoms with van der Waals surface area (Å²) in [5.41, 5.74) is 0.482. The van der Waals surface area contributed by atoms with E-state index in [1.165, 1.54) is 18.2 Å². The summed E-state index contributed by atoms with van der Waals surface area (Å²) in [5, 5.41) is 12.1. The Hall–Kier alpha value is -1.62. The Kier molecular flexibility index (Phi) is 4.90. The SMILES string of the molecule is CCN(CC(=O)NC)Cc1cc(F)ccc1O. The van der Waals surface area contributed by atoms with Crippen LogP contribution in [0.3, 0.4) is 0 Å². The molecule has 0 aromatic heterocycles. The third kappa shape index (κ3) is 4.03. The first-order valence-corrected chi connectivity index (χ1v) is 5.47. The molecule has 2 N–H and O–H groups in total. The van der Waals surface area contributed by atoms with Crippen molar-refractivity contribution in [1.82, 2.24) is 10.2 Å². The summed E-state index contributed by atoms with van der Waals surface area (Å²) < 4.78 is 13.0. The van der Waals surface area contributed by atoms with Gasteiger partial charge in [-0.1, -0.05) is 6.92 Å². The van der Waals surface area contributed by atoms with Crippen LogP contribution in [0.2, 0.25) is 0 Å². The summed E-state index contributed by atoms with van der Waals surface area (Å²) >= 11 is 0. The van der Waals surface area contributed by atoms with E-state index in [1.54, 1.807) is 7.05 Å². The lowest BCUT2D eigenvalue weighted by Gasteiger charge is -2.19. The number of hydrogen-bond acceptors (Lipinski definition) is 3. The smallest absolute Gasteiger partial charge is 0.233 e. The summed E-state index contributed by atoms with van der Waals surface area (Å²) in [7, 11) is 1.57. The number of hydrogen-bond donors (Lipinski definition) is 2. The molecule has 1 rings (SSSR count). The van der Waals surface area contributed by atoms with Crippen LogP contribution in [0.1, 0.15) is 12.5 Å². The number of amides is 1. The van der Waals surface area contributed by atoms with Crippen molar-refractivity contribution in [2.24, 2.45) is 0 Å². The van der Waals surface area contributed by atoms with Crippen molar-refractivity contribution < 1.29 is 14.3 Å². The van der Waals surface area contributed by atoms with Gasteiger partial charge in [0.1, 0.15) is 11.6 Å². The molecule has 5 heteroatoms. The van der Waals surface area contributed by atoms with Crippen molar-refractivity contribution >= 4 is 5.91 Å². The molecule has 0 saturated carbocycles. The zero-order chi connectivity index (χ0) is 12.8. The van der Waals surface area contributed by atoms with Crippen molar-refractivity contribution in [2.75, 3.05) is 20.1 Å². The van der Waals surface area contributed by atoms with Crippen molar-refractivity contribution in [3.63, 3.8) is 0 Å². The lowest BCUT2D eigenvalue weighted by atomic mass is 10.2. The maximum atomic E-state index is 13.0. The molecule has 0 heterocycles. The van der Waals surface area contributed by atoms with Crippen LogP contribution >= 0.6 is 0 Å². The Morgan fingerprint density at radius 1 is 1.53 bits per heavy atom. The van der Waals surface area contributed by atoms with Crippen LogP contribution in [0.15, 0.2) is 18.2 Å². The Labute approximate surface area is 100 Å². The molecule has 17 heavy (non-hydrogen) atoms. The molecule has 4 nitrogen and oxygen atoms in total. The third-order valence-corrected chi connectivity index (χ3v) is 2.53. The van der Waals surface area contributed by atoms with Gasteiger partial charge in [-0.25, -0.2) is 4.39 Å². The second kappa shape index (κ2) is 6.20. The van der Waals surface area contributed by atoms with E-state index in [1.807, 2.05) is 11.8 Å². The minimum absolute atomic E-state index is 0.0433. The predicted octanol–water partition coefficient (Wildman–Crippen LogP) is 1.10. The molecule has 0 radical (unpaired) electrons. The first-order chi connectivity index (χ1) is 8.06. The maximum absolute atomic E-state index is 13.0. The topological polar surface area (TPSA) is 52.6 Å². The van der Waals surface area contributed by atoms with E-state index < -0.39 is 5.82 Å². The number of phenols is 1. The quantitative estimate of drug-likeness (QED) is 0.810. The van der Waals surface area contributed by atoms with Crippen molar-refractivity contribution in [1.29, 1.82) is 0 Å². The van der Waals surface area contributed by atoms with E-state index in [9.17, 15) is 14.3 Å². The molecule has 0 saturated heterocycles. The summed E-state index contributed by atoms with van der Waals surface area (Å²) in [4.78, 5) is 13.0. The average molecular weight is 240 g/mol. The summed E-state index contributed by atoms with van der Waals surface area (Å²) in [6.07, 6.45) is 0. The highest BCUT2D eigenvalue weighted by molar-refractivity contribution is 5.77. The van der Waals surface area contributed by atoms with Crippen LogP contribution in [-0.4, -0.2) is 36.1 Å². The van der Waals surface area contributed by atoms with E-state index in [-0.39, 0.29) is 18.2 Å². The molecule has 0 bridgehead atoms. The van der Waals surface area contributed by atoms with E-state index in [0.717, 1.165) is 0 Å². The zero-order valence-corrected chi connectivity index (χ0v) is 10.0. The van der Waals surface area contributed by atoms with Gasteiger partial charge in [0.05, 0.1) is 6.54 Å².